The molecule has 3 rings (SSSR count). The molecular weight excluding hydrogens is 276 g/mol. The van der Waals surface area contributed by atoms with Crippen molar-refractivity contribution in [3.8, 4) is 0 Å². The van der Waals surface area contributed by atoms with Gasteiger partial charge in [0.25, 0.3) is 0 Å². The molecule has 21 heavy (non-hydrogen) atoms. The summed E-state index contributed by atoms with van der Waals surface area (Å²) in [5.41, 5.74) is 6.12. The van der Waals surface area contributed by atoms with E-state index in [2.05, 4.69) is 5.32 Å². The number of carbonyl (C=O) groups is 2. The average Bonchev–Trinajstić information content (AvgIpc) is 2.70. The number of amides is 3. The molecule has 1 fully saturated rings. The molecule has 0 spiro atoms. The van der Waals surface area contributed by atoms with Gasteiger partial charge in [-0.2, -0.15) is 0 Å². The number of carbonyl (C=O) groups excluding carboxylic acids is 2. The number of nitrogens with one attached hydrogen (secondary N) is 1. The normalized spacial score (nSPS) is 15.0. The Balaban J connectivity index is 1.66. The number of hydrogen-bond acceptors (Lipinski definition) is 4. The van der Waals surface area contributed by atoms with Crippen LogP contribution in [0.25, 0.3) is 11.1 Å². The first-order chi connectivity index (χ1) is 10.0. The van der Waals surface area contributed by atoms with E-state index in [1.807, 2.05) is 0 Å². The highest BCUT2D eigenvalue weighted by molar-refractivity contribution is 5.80. The maximum atomic E-state index is 11.9. The van der Waals surface area contributed by atoms with Crippen LogP contribution in [0.4, 0.5) is 4.79 Å². The lowest BCUT2D eigenvalue weighted by Gasteiger charge is -2.38. The van der Waals surface area contributed by atoms with Crippen molar-refractivity contribution in [1.29, 1.82) is 0 Å². The molecule has 1 aromatic heterocycles. The molecule has 110 valence electrons. The van der Waals surface area contributed by atoms with Gasteiger partial charge in [-0.15, -0.1) is 0 Å². The molecule has 1 saturated heterocycles. The number of benzene rings is 1. The zero-order chi connectivity index (χ0) is 15.0. The molecule has 0 atom stereocenters. The SMILES string of the molecule is NC(=O)N1CC(NC(=O)Cn2c(=O)oc3ccccc32)C1. The van der Waals surface area contributed by atoms with Crippen molar-refractivity contribution in [1.82, 2.24) is 14.8 Å². The summed E-state index contributed by atoms with van der Waals surface area (Å²) in [5.74, 6) is -0.878. The number of nitrogens with zero attached hydrogens (tertiary/aromatic N) is 2. The fourth-order valence-corrected chi connectivity index (χ4v) is 2.33. The number of hydrogen-bond donors (Lipinski definition) is 2. The summed E-state index contributed by atoms with van der Waals surface area (Å²) >= 11 is 0. The fraction of sp³-hybridized carbons (Fsp3) is 0.308. The maximum Gasteiger partial charge on any atom is 0.420 e. The predicted molar refractivity (Wildman–Crippen MR) is 73.6 cm³/mol. The average molecular weight is 290 g/mol. The highest BCUT2D eigenvalue weighted by Gasteiger charge is 2.30. The van der Waals surface area contributed by atoms with E-state index in [0.29, 0.717) is 24.2 Å². The molecule has 0 saturated carbocycles. The number of primary amides is 1. The van der Waals surface area contributed by atoms with Gasteiger partial charge in [0.05, 0.1) is 11.6 Å². The van der Waals surface area contributed by atoms with Crippen LogP contribution >= 0.6 is 0 Å². The number of rotatable bonds is 3. The van der Waals surface area contributed by atoms with Crippen molar-refractivity contribution in [2.45, 2.75) is 12.6 Å². The summed E-state index contributed by atoms with van der Waals surface area (Å²) in [6.07, 6.45) is 0. The van der Waals surface area contributed by atoms with E-state index in [-0.39, 0.29) is 18.5 Å². The lowest BCUT2D eigenvalue weighted by atomic mass is 10.1. The molecule has 2 aromatic rings. The first kappa shape index (κ1) is 13.2. The van der Waals surface area contributed by atoms with Gasteiger partial charge in [-0.25, -0.2) is 9.59 Å². The monoisotopic (exact) mass is 290 g/mol. The predicted octanol–water partition coefficient (Wildman–Crippen LogP) is -0.526. The number of fused-ring (bicyclic) bond motifs is 1. The van der Waals surface area contributed by atoms with Gasteiger partial charge in [0, 0.05) is 13.1 Å². The van der Waals surface area contributed by atoms with Gasteiger partial charge in [-0.05, 0) is 12.1 Å². The number of likely N-dealkylation sites (tertiary alicyclic amines) is 1. The maximum absolute atomic E-state index is 11.9. The van der Waals surface area contributed by atoms with Crippen LogP contribution in [0.15, 0.2) is 33.5 Å². The minimum atomic E-state index is -0.571. The summed E-state index contributed by atoms with van der Waals surface area (Å²) in [6, 6.07) is 6.27. The molecule has 0 aliphatic carbocycles. The number of para-hydroxylation sites is 2. The van der Waals surface area contributed by atoms with Crippen LogP contribution in [0.1, 0.15) is 0 Å². The van der Waals surface area contributed by atoms with Crippen molar-refractivity contribution in [2.75, 3.05) is 13.1 Å². The second-order valence-corrected chi connectivity index (χ2v) is 4.93. The van der Waals surface area contributed by atoms with Crippen molar-refractivity contribution >= 4 is 23.0 Å². The lowest BCUT2D eigenvalue weighted by Crippen LogP contribution is -2.62. The Morgan fingerprint density at radius 2 is 2.05 bits per heavy atom. The zero-order valence-electron chi connectivity index (χ0n) is 11.1. The van der Waals surface area contributed by atoms with Gasteiger partial charge in [-0.3, -0.25) is 9.36 Å². The van der Waals surface area contributed by atoms with E-state index in [1.165, 1.54) is 9.47 Å². The third-order valence-electron chi connectivity index (χ3n) is 3.43. The third-order valence-corrected chi connectivity index (χ3v) is 3.43. The molecule has 2 heterocycles. The molecule has 1 aliphatic rings. The van der Waals surface area contributed by atoms with E-state index in [4.69, 9.17) is 10.2 Å². The first-order valence-electron chi connectivity index (χ1n) is 6.46. The fourth-order valence-electron chi connectivity index (χ4n) is 2.33. The Kier molecular flexibility index (Phi) is 3.13. The van der Waals surface area contributed by atoms with Crippen LogP contribution in [0, 0.1) is 0 Å². The van der Waals surface area contributed by atoms with Gasteiger partial charge >= 0.3 is 11.8 Å². The number of urea groups is 1. The number of nitrogens with two attached hydrogens (primary N) is 1. The zero-order valence-corrected chi connectivity index (χ0v) is 11.1. The van der Waals surface area contributed by atoms with Gasteiger partial charge in [0.15, 0.2) is 5.58 Å². The van der Waals surface area contributed by atoms with Crippen LogP contribution in [0.3, 0.4) is 0 Å². The molecule has 8 heteroatoms. The van der Waals surface area contributed by atoms with Crippen LogP contribution in [-0.4, -0.2) is 40.5 Å². The highest BCUT2D eigenvalue weighted by atomic mass is 16.4. The molecule has 8 nitrogen and oxygen atoms in total. The molecule has 1 aliphatic heterocycles. The number of oxazole rings is 1. The second kappa shape index (κ2) is 4.97. The van der Waals surface area contributed by atoms with Crippen LogP contribution in [-0.2, 0) is 11.3 Å². The summed E-state index contributed by atoms with van der Waals surface area (Å²) < 4.78 is 6.32. The molecule has 3 N–H and O–H groups in total. The van der Waals surface area contributed by atoms with Crippen molar-refractivity contribution in [3.63, 3.8) is 0 Å². The van der Waals surface area contributed by atoms with Crippen molar-refractivity contribution in [3.05, 3.63) is 34.8 Å². The van der Waals surface area contributed by atoms with Crippen molar-refractivity contribution in [2.24, 2.45) is 5.73 Å². The standard InChI is InChI=1S/C13H14N4O4/c14-12(19)16-5-8(6-16)15-11(18)7-17-9-3-1-2-4-10(9)21-13(17)20/h1-4,8H,5-7H2,(H2,14,19)(H,15,18). The van der Waals surface area contributed by atoms with Gasteiger partial charge in [0.2, 0.25) is 5.91 Å². The topological polar surface area (TPSA) is 111 Å². The van der Waals surface area contributed by atoms with E-state index < -0.39 is 11.8 Å². The quantitative estimate of drug-likeness (QED) is 0.791. The Hall–Kier alpha value is -2.77. The largest absolute Gasteiger partial charge is 0.420 e. The summed E-state index contributed by atoms with van der Waals surface area (Å²) in [5, 5.41) is 2.74. The molecule has 0 radical (unpaired) electrons. The molecule has 3 amide bonds. The van der Waals surface area contributed by atoms with Crippen LogP contribution in [0.5, 0.6) is 0 Å². The summed E-state index contributed by atoms with van der Waals surface area (Å²) in [7, 11) is 0. The molecule has 0 bridgehead atoms. The highest BCUT2D eigenvalue weighted by Crippen LogP contribution is 2.12. The van der Waals surface area contributed by atoms with Gasteiger partial charge in [-0.1, -0.05) is 12.1 Å². The Morgan fingerprint density at radius 1 is 1.33 bits per heavy atom. The Labute approximate surface area is 119 Å². The second-order valence-electron chi connectivity index (χ2n) is 4.93. The minimum absolute atomic E-state index is 0.122. The summed E-state index contributed by atoms with van der Waals surface area (Å²) in [4.78, 5) is 35.9. The third kappa shape index (κ3) is 2.47. The Bertz CT molecular complexity index is 757. The smallest absolute Gasteiger partial charge is 0.408 e. The number of aromatic nitrogens is 1. The van der Waals surface area contributed by atoms with Gasteiger partial charge in [0.1, 0.15) is 6.54 Å². The van der Waals surface area contributed by atoms with Crippen LogP contribution < -0.4 is 16.8 Å². The summed E-state index contributed by atoms with van der Waals surface area (Å²) in [6.45, 7) is 0.660. The van der Waals surface area contributed by atoms with E-state index in [1.54, 1.807) is 24.3 Å². The van der Waals surface area contributed by atoms with E-state index in [0.717, 1.165) is 0 Å². The van der Waals surface area contributed by atoms with E-state index >= 15 is 0 Å². The molecule has 0 unspecified atom stereocenters. The Morgan fingerprint density at radius 3 is 2.76 bits per heavy atom. The van der Waals surface area contributed by atoms with Gasteiger partial charge < -0.3 is 20.4 Å². The first-order valence-corrected chi connectivity index (χ1v) is 6.46. The van der Waals surface area contributed by atoms with Crippen molar-refractivity contribution < 1.29 is 14.0 Å². The lowest BCUT2D eigenvalue weighted by molar-refractivity contribution is -0.123. The molecular formula is C13H14N4O4. The van der Waals surface area contributed by atoms with E-state index in [9.17, 15) is 14.4 Å². The minimum Gasteiger partial charge on any atom is -0.408 e. The molecule has 1 aromatic carbocycles. The van der Waals surface area contributed by atoms with Crippen LogP contribution in [0.2, 0.25) is 0 Å².